The Morgan fingerprint density at radius 3 is 2.73 bits per heavy atom. The Hall–Kier alpha value is -0.920. The maximum Gasteiger partial charge on any atom is 0.258 e. The van der Waals surface area contributed by atoms with Crippen LogP contribution in [0.25, 0.3) is 0 Å². The van der Waals surface area contributed by atoms with Crippen molar-refractivity contribution in [2.45, 2.75) is 24.4 Å². The number of nitrogens with one attached hydrogen (secondary N) is 2. The fourth-order valence-electron chi connectivity index (χ4n) is 1.20. The molecule has 1 aromatic heterocycles. The molecule has 15 heavy (non-hydrogen) atoms. The molecule has 0 radical (unpaired) electrons. The van der Waals surface area contributed by atoms with E-state index in [1.54, 1.807) is 13.8 Å². The van der Waals surface area contributed by atoms with E-state index >= 15 is 0 Å². The number of hydrogen-bond acceptors (Lipinski definition) is 4. The summed E-state index contributed by atoms with van der Waals surface area (Å²) in [6.07, 6.45) is 1.39. The summed E-state index contributed by atoms with van der Waals surface area (Å²) >= 11 is 0. The molecule has 0 unspecified atom stereocenters. The van der Waals surface area contributed by atoms with Crippen molar-refractivity contribution in [2.75, 3.05) is 13.7 Å². The highest BCUT2D eigenvalue weighted by Gasteiger charge is 2.26. The van der Waals surface area contributed by atoms with Crippen molar-refractivity contribution in [1.29, 1.82) is 0 Å². The van der Waals surface area contributed by atoms with Gasteiger partial charge < -0.3 is 4.74 Å². The van der Waals surface area contributed by atoms with Gasteiger partial charge in [0.25, 0.3) is 10.0 Å². The van der Waals surface area contributed by atoms with Gasteiger partial charge in [-0.05, 0) is 19.9 Å². The summed E-state index contributed by atoms with van der Waals surface area (Å²) in [5.74, 6) is 0. The third-order valence-corrected chi connectivity index (χ3v) is 3.31. The Morgan fingerprint density at radius 1 is 1.60 bits per heavy atom. The predicted molar refractivity (Wildman–Crippen MR) is 54.9 cm³/mol. The van der Waals surface area contributed by atoms with E-state index in [4.69, 9.17) is 4.74 Å². The van der Waals surface area contributed by atoms with Crippen molar-refractivity contribution in [3.8, 4) is 0 Å². The van der Waals surface area contributed by atoms with Gasteiger partial charge in [0.1, 0.15) is 0 Å². The molecule has 2 N–H and O–H groups in total. The summed E-state index contributed by atoms with van der Waals surface area (Å²) in [6, 6.07) is 1.39. The zero-order valence-electron chi connectivity index (χ0n) is 8.94. The number of rotatable bonds is 5. The Kier molecular flexibility index (Phi) is 3.48. The van der Waals surface area contributed by atoms with Crippen LogP contribution in [0.2, 0.25) is 0 Å². The molecule has 1 rings (SSSR count). The third-order valence-electron chi connectivity index (χ3n) is 1.68. The molecule has 86 valence electrons. The normalized spacial score (nSPS) is 13.0. The molecule has 6 nitrogen and oxygen atoms in total. The smallest absolute Gasteiger partial charge is 0.258 e. The summed E-state index contributed by atoms with van der Waals surface area (Å²) in [7, 11) is -2.02. The number of nitrogens with zero attached hydrogens (tertiary/aromatic N) is 1. The van der Waals surface area contributed by atoms with E-state index in [-0.39, 0.29) is 5.03 Å². The largest absolute Gasteiger partial charge is 0.383 e. The summed E-state index contributed by atoms with van der Waals surface area (Å²) < 4.78 is 30.9. The van der Waals surface area contributed by atoms with Crippen LogP contribution in [0.15, 0.2) is 17.3 Å². The monoisotopic (exact) mass is 233 g/mol. The van der Waals surface area contributed by atoms with E-state index in [0.717, 1.165) is 0 Å². The Bertz CT molecular complexity index is 397. The van der Waals surface area contributed by atoms with Gasteiger partial charge in [0, 0.05) is 7.11 Å². The van der Waals surface area contributed by atoms with Crippen LogP contribution >= 0.6 is 0 Å². The molecular weight excluding hydrogens is 218 g/mol. The van der Waals surface area contributed by atoms with Crippen LogP contribution in [0.1, 0.15) is 13.8 Å². The lowest BCUT2D eigenvalue weighted by Crippen LogP contribution is -2.46. The summed E-state index contributed by atoms with van der Waals surface area (Å²) in [6.45, 7) is 3.77. The van der Waals surface area contributed by atoms with Gasteiger partial charge in [-0.2, -0.15) is 5.10 Å². The van der Waals surface area contributed by atoms with E-state index in [9.17, 15) is 8.42 Å². The number of ether oxygens (including phenoxy) is 1. The first-order valence-corrected chi connectivity index (χ1v) is 5.88. The minimum atomic E-state index is -3.54. The van der Waals surface area contributed by atoms with Gasteiger partial charge in [-0.3, -0.25) is 5.10 Å². The third kappa shape index (κ3) is 3.29. The highest BCUT2D eigenvalue weighted by Crippen LogP contribution is 2.10. The number of sulfonamides is 1. The molecule has 0 amide bonds. The van der Waals surface area contributed by atoms with Crippen LogP contribution in [-0.2, 0) is 14.8 Å². The minimum Gasteiger partial charge on any atom is -0.383 e. The SMILES string of the molecule is COCC(C)(C)NS(=O)(=O)c1ccn[nH]1. The zero-order valence-corrected chi connectivity index (χ0v) is 9.76. The van der Waals surface area contributed by atoms with Crippen molar-refractivity contribution < 1.29 is 13.2 Å². The second-order valence-corrected chi connectivity index (χ2v) is 5.49. The topological polar surface area (TPSA) is 84.1 Å². The first-order valence-electron chi connectivity index (χ1n) is 4.40. The van der Waals surface area contributed by atoms with Crippen molar-refractivity contribution >= 4 is 10.0 Å². The summed E-state index contributed by atoms with van der Waals surface area (Å²) in [4.78, 5) is 0. The van der Waals surface area contributed by atoms with Gasteiger partial charge in [0.2, 0.25) is 0 Å². The average molecular weight is 233 g/mol. The molecule has 0 aliphatic rings. The predicted octanol–water partition coefficient (Wildman–Crippen LogP) is 0.113. The number of aromatic amines is 1. The van der Waals surface area contributed by atoms with Crippen LogP contribution in [0.3, 0.4) is 0 Å². The minimum absolute atomic E-state index is 0.0479. The molecule has 0 spiro atoms. The molecule has 0 fully saturated rings. The number of hydrogen-bond donors (Lipinski definition) is 2. The van der Waals surface area contributed by atoms with Gasteiger partial charge in [0.05, 0.1) is 18.3 Å². The van der Waals surface area contributed by atoms with Crippen molar-refractivity contribution in [3.05, 3.63) is 12.3 Å². The van der Waals surface area contributed by atoms with Crippen LogP contribution in [-0.4, -0.2) is 37.9 Å². The standard InChI is InChI=1S/C8H15N3O3S/c1-8(2,6-14-3)11-15(12,13)7-4-5-9-10-7/h4-5,11H,6H2,1-3H3,(H,9,10). The van der Waals surface area contributed by atoms with Crippen molar-refractivity contribution in [3.63, 3.8) is 0 Å². The fraction of sp³-hybridized carbons (Fsp3) is 0.625. The fourth-order valence-corrected chi connectivity index (χ4v) is 2.51. The van der Waals surface area contributed by atoms with Crippen LogP contribution < -0.4 is 4.72 Å². The molecule has 0 bridgehead atoms. The van der Waals surface area contributed by atoms with Crippen LogP contribution in [0.4, 0.5) is 0 Å². The van der Waals surface area contributed by atoms with Gasteiger partial charge >= 0.3 is 0 Å². The molecule has 0 aromatic carbocycles. The summed E-state index contributed by atoms with van der Waals surface area (Å²) in [5.41, 5.74) is -0.654. The number of methoxy groups -OCH3 is 1. The Balaban J connectivity index is 2.82. The summed E-state index contributed by atoms with van der Waals surface area (Å²) in [5, 5.41) is 6.04. The second-order valence-electron chi connectivity index (χ2n) is 3.84. The van der Waals surface area contributed by atoms with E-state index in [2.05, 4.69) is 14.9 Å². The second kappa shape index (κ2) is 4.30. The number of aromatic nitrogens is 2. The first kappa shape index (κ1) is 12.2. The average Bonchev–Trinajstić information content (AvgIpc) is 2.52. The molecule has 0 saturated carbocycles. The molecule has 7 heteroatoms. The zero-order chi connectivity index (χ0) is 11.5. The quantitative estimate of drug-likeness (QED) is 0.756. The molecule has 0 aliphatic heterocycles. The van der Waals surface area contributed by atoms with Crippen LogP contribution in [0.5, 0.6) is 0 Å². The lowest BCUT2D eigenvalue weighted by Gasteiger charge is -2.24. The van der Waals surface area contributed by atoms with Gasteiger partial charge in [-0.25, -0.2) is 13.1 Å². The molecular formula is C8H15N3O3S. The molecule has 0 saturated heterocycles. The first-order chi connectivity index (χ1) is 6.87. The lowest BCUT2D eigenvalue weighted by molar-refractivity contribution is 0.141. The van der Waals surface area contributed by atoms with E-state index < -0.39 is 15.6 Å². The van der Waals surface area contributed by atoms with E-state index in [0.29, 0.717) is 6.61 Å². The maximum atomic E-state index is 11.7. The number of H-pyrrole nitrogens is 1. The van der Waals surface area contributed by atoms with Gasteiger partial charge in [-0.15, -0.1) is 0 Å². The maximum absolute atomic E-state index is 11.7. The van der Waals surface area contributed by atoms with Crippen molar-refractivity contribution in [1.82, 2.24) is 14.9 Å². The molecule has 1 heterocycles. The molecule has 1 aromatic rings. The van der Waals surface area contributed by atoms with Crippen LogP contribution in [0, 0.1) is 0 Å². The highest BCUT2D eigenvalue weighted by atomic mass is 32.2. The van der Waals surface area contributed by atoms with E-state index in [1.165, 1.54) is 19.4 Å². The Morgan fingerprint density at radius 2 is 2.27 bits per heavy atom. The van der Waals surface area contributed by atoms with Gasteiger partial charge in [0.15, 0.2) is 5.03 Å². The lowest BCUT2D eigenvalue weighted by atomic mass is 10.1. The van der Waals surface area contributed by atoms with E-state index in [1.807, 2.05) is 0 Å². The van der Waals surface area contributed by atoms with Crippen molar-refractivity contribution in [2.24, 2.45) is 0 Å². The molecule has 0 atom stereocenters. The molecule has 0 aliphatic carbocycles. The highest BCUT2D eigenvalue weighted by molar-refractivity contribution is 7.89. The van der Waals surface area contributed by atoms with Gasteiger partial charge in [-0.1, -0.05) is 0 Å². The Labute approximate surface area is 89.1 Å².